The molecule has 90 valence electrons. The second-order valence-electron chi connectivity index (χ2n) is 4.23. The summed E-state index contributed by atoms with van der Waals surface area (Å²) >= 11 is 1.63. The van der Waals surface area contributed by atoms with E-state index in [4.69, 9.17) is 0 Å². The molecule has 1 aliphatic rings. The minimum atomic E-state index is -3.12. The Balaban J connectivity index is 2.39. The monoisotopic (exact) mass is 260 g/mol. The Morgan fingerprint density at radius 3 is 2.81 bits per heavy atom. The zero-order valence-corrected chi connectivity index (χ0v) is 11.4. The molecular weight excluding hydrogens is 244 g/mol. The van der Waals surface area contributed by atoms with Crippen LogP contribution < -0.4 is 0 Å². The number of rotatable bonds is 2. The van der Waals surface area contributed by atoms with Crippen LogP contribution in [0.15, 0.2) is 0 Å². The van der Waals surface area contributed by atoms with Crippen LogP contribution in [0.25, 0.3) is 0 Å². The van der Waals surface area contributed by atoms with Gasteiger partial charge in [0, 0.05) is 11.9 Å². The summed E-state index contributed by atoms with van der Waals surface area (Å²) in [7, 11) is -1.47. The fraction of sp³-hybridized carbons (Fsp3) is 0.700. The number of thiazole rings is 1. The van der Waals surface area contributed by atoms with Crippen molar-refractivity contribution in [2.75, 3.05) is 13.3 Å². The lowest BCUT2D eigenvalue weighted by Crippen LogP contribution is -2.31. The third kappa shape index (κ3) is 2.14. The van der Waals surface area contributed by atoms with Gasteiger partial charge in [-0.1, -0.05) is 0 Å². The summed E-state index contributed by atoms with van der Waals surface area (Å²) in [5, 5.41) is 1.03. The fourth-order valence-corrected chi connectivity index (χ4v) is 3.99. The van der Waals surface area contributed by atoms with Crippen molar-refractivity contribution in [3.05, 3.63) is 15.6 Å². The van der Waals surface area contributed by atoms with E-state index in [0.717, 1.165) is 34.8 Å². The molecule has 0 saturated heterocycles. The molecule has 1 aliphatic carbocycles. The molecule has 1 atom stereocenters. The molecule has 1 unspecified atom stereocenters. The molecule has 0 spiro atoms. The van der Waals surface area contributed by atoms with Gasteiger partial charge in [-0.3, -0.25) is 0 Å². The standard InChI is InChI=1S/C10H16N2O2S2/c1-7-11-8-5-4-6-9(10(8)15-7)12(2)16(3,13)14/h9H,4-6H2,1-3H3. The van der Waals surface area contributed by atoms with E-state index in [0.29, 0.717) is 0 Å². The topological polar surface area (TPSA) is 50.3 Å². The molecule has 0 N–H and O–H groups in total. The molecular formula is C10H16N2O2S2. The second-order valence-corrected chi connectivity index (χ2v) is 7.51. The molecule has 6 heteroatoms. The predicted molar refractivity (Wildman–Crippen MR) is 65.1 cm³/mol. The molecule has 0 bridgehead atoms. The highest BCUT2D eigenvalue weighted by Gasteiger charge is 2.30. The van der Waals surface area contributed by atoms with E-state index in [1.54, 1.807) is 18.4 Å². The normalized spacial score (nSPS) is 21.1. The van der Waals surface area contributed by atoms with Crippen molar-refractivity contribution < 1.29 is 8.42 Å². The zero-order valence-electron chi connectivity index (χ0n) is 9.73. The molecule has 2 rings (SSSR count). The molecule has 1 aromatic heterocycles. The highest BCUT2D eigenvalue weighted by atomic mass is 32.2. The number of aromatic nitrogens is 1. The molecule has 0 saturated carbocycles. The van der Waals surface area contributed by atoms with Gasteiger partial charge in [0.15, 0.2) is 0 Å². The van der Waals surface area contributed by atoms with Gasteiger partial charge in [0.25, 0.3) is 0 Å². The average Bonchev–Trinajstić information content (AvgIpc) is 2.54. The zero-order chi connectivity index (χ0) is 11.9. The lowest BCUT2D eigenvalue weighted by molar-refractivity contribution is 0.343. The van der Waals surface area contributed by atoms with E-state index in [1.165, 1.54) is 10.6 Å². The Bertz CT molecular complexity index is 493. The van der Waals surface area contributed by atoms with Gasteiger partial charge in [0.1, 0.15) is 0 Å². The van der Waals surface area contributed by atoms with Crippen molar-refractivity contribution in [1.29, 1.82) is 0 Å². The van der Waals surface area contributed by atoms with E-state index in [2.05, 4.69) is 4.98 Å². The first-order valence-electron chi connectivity index (χ1n) is 5.29. The van der Waals surface area contributed by atoms with E-state index in [9.17, 15) is 8.42 Å². The molecule has 0 radical (unpaired) electrons. The number of hydrogen-bond acceptors (Lipinski definition) is 4. The van der Waals surface area contributed by atoms with Gasteiger partial charge in [-0.2, -0.15) is 4.31 Å². The number of nitrogens with zero attached hydrogens (tertiary/aromatic N) is 2. The van der Waals surface area contributed by atoms with Crippen LogP contribution in [-0.2, 0) is 16.4 Å². The average molecular weight is 260 g/mol. The van der Waals surface area contributed by atoms with Crippen LogP contribution in [0.5, 0.6) is 0 Å². The highest BCUT2D eigenvalue weighted by molar-refractivity contribution is 7.88. The van der Waals surface area contributed by atoms with Crippen molar-refractivity contribution in [3.8, 4) is 0 Å². The van der Waals surface area contributed by atoms with Crippen molar-refractivity contribution >= 4 is 21.4 Å². The molecule has 16 heavy (non-hydrogen) atoms. The van der Waals surface area contributed by atoms with Crippen LogP contribution in [0.2, 0.25) is 0 Å². The lowest BCUT2D eigenvalue weighted by atomic mass is 9.98. The van der Waals surface area contributed by atoms with Crippen LogP contribution in [0.1, 0.15) is 34.5 Å². The van der Waals surface area contributed by atoms with Gasteiger partial charge in [-0.05, 0) is 26.2 Å². The van der Waals surface area contributed by atoms with Gasteiger partial charge >= 0.3 is 0 Å². The van der Waals surface area contributed by atoms with E-state index >= 15 is 0 Å². The lowest BCUT2D eigenvalue weighted by Gasteiger charge is -2.28. The quantitative estimate of drug-likeness (QED) is 0.813. The Labute approximate surface area is 100 Å². The van der Waals surface area contributed by atoms with E-state index in [-0.39, 0.29) is 6.04 Å². The minimum Gasteiger partial charge on any atom is -0.246 e. The van der Waals surface area contributed by atoms with Gasteiger partial charge in [-0.25, -0.2) is 13.4 Å². The van der Waals surface area contributed by atoms with Gasteiger partial charge in [-0.15, -0.1) is 11.3 Å². The molecule has 0 amide bonds. The molecule has 0 fully saturated rings. The van der Waals surface area contributed by atoms with Crippen molar-refractivity contribution in [2.24, 2.45) is 0 Å². The number of sulfonamides is 1. The summed E-state index contributed by atoms with van der Waals surface area (Å²) in [5.41, 5.74) is 1.09. The summed E-state index contributed by atoms with van der Waals surface area (Å²) < 4.78 is 24.6. The summed E-state index contributed by atoms with van der Waals surface area (Å²) in [6.07, 6.45) is 4.15. The smallest absolute Gasteiger partial charge is 0.211 e. The summed E-state index contributed by atoms with van der Waals surface area (Å²) in [5.74, 6) is 0. The number of aryl methyl sites for hydroxylation is 2. The molecule has 1 heterocycles. The van der Waals surface area contributed by atoms with Crippen molar-refractivity contribution in [3.63, 3.8) is 0 Å². The molecule has 0 aliphatic heterocycles. The third-order valence-electron chi connectivity index (χ3n) is 2.99. The van der Waals surface area contributed by atoms with Crippen LogP contribution in [0.3, 0.4) is 0 Å². The number of fused-ring (bicyclic) bond motifs is 1. The van der Waals surface area contributed by atoms with Crippen LogP contribution >= 0.6 is 11.3 Å². The van der Waals surface area contributed by atoms with Gasteiger partial charge in [0.05, 0.1) is 23.0 Å². The maximum atomic E-state index is 11.6. The Morgan fingerprint density at radius 1 is 1.50 bits per heavy atom. The third-order valence-corrected chi connectivity index (χ3v) is 5.41. The number of hydrogen-bond donors (Lipinski definition) is 0. The first kappa shape index (κ1) is 12.0. The Kier molecular flexibility index (Phi) is 3.07. The maximum Gasteiger partial charge on any atom is 0.211 e. The predicted octanol–water partition coefficient (Wildman–Crippen LogP) is 1.72. The van der Waals surface area contributed by atoms with Crippen LogP contribution in [-0.4, -0.2) is 31.0 Å². The Morgan fingerprint density at radius 2 is 2.19 bits per heavy atom. The maximum absolute atomic E-state index is 11.6. The summed E-state index contributed by atoms with van der Waals surface area (Å²) in [6, 6.07) is -0.00931. The summed E-state index contributed by atoms with van der Waals surface area (Å²) in [6.45, 7) is 1.97. The second kappa shape index (κ2) is 4.09. The van der Waals surface area contributed by atoms with Crippen molar-refractivity contribution in [1.82, 2.24) is 9.29 Å². The first-order chi connectivity index (χ1) is 7.39. The SMILES string of the molecule is Cc1nc2c(s1)C(N(C)S(C)(=O)=O)CCC2. The van der Waals surface area contributed by atoms with Gasteiger partial charge < -0.3 is 0 Å². The first-order valence-corrected chi connectivity index (χ1v) is 7.95. The fourth-order valence-electron chi connectivity index (χ4n) is 2.10. The van der Waals surface area contributed by atoms with Gasteiger partial charge in [0.2, 0.25) is 10.0 Å². The van der Waals surface area contributed by atoms with Crippen LogP contribution in [0.4, 0.5) is 0 Å². The van der Waals surface area contributed by atoms with Crippen LogP contribution in [0, 0.1) is 6.92 Å². The molecule has 1 aromatic rings. The van der Waals surface area contributed by atoms with E-state index in [1.807, 2.05) is 6.92 Å². The van der Waals surface area contributed by atoms with E-state index < -0.39 is 10.0 Å². The molecule has 4 nitrogen and oxygen atoms in total. The molecule has 0 aromatic carbocycles. The Hall–Kier alpha value is -0.460. The highest BCUT2D eigenvalue weighted by Crippen LogP contribution is 2.38. The summed E-state index contributed by atoms with van der Waals surface area (Å²) in [4.78, 5) is 5.60. The minimum absolute atomic E-state index is 0.00931. The largest absolute Gasteiger partial charge is 0.246 e. The van der Waals surface area contributed by atoms with Crippen molar-refractivity contribution in [2.45, 2.75) is 32.2 Å².